The van der Waals surface area contributed by atoms with Crippen molar-refractivity contribution in [2.45, 2.75) is 13.8 Å². The first-order valence-electron chi connectivity index (χ1n) is 8.51. The first kappa shape index (κ1) is 19.1. The standard InChI is InChI=1S/C20H16O8/c1-3-25-19(23)27-15-9-13-14(10-16(15)28-20(24)26-4-2)18(22)12-8-6-5-7-11(12)17(13)21/h5-10H,3-4H2,1-2H3. The largest absolute Gasteiger partial charge is 0.513 e. The maximum atomic E-state index is 12.8. The molecule has 2 aromatic rings. The molecule has 8 heteroatoms. The van der Waals surface area contributed by atoms with Crippen LogP contribution >= 0.6 is 0 Å². The van der Waals surface area contributed by atoms with E-state index in [9.17, 15) is 19.2 Å². The smallest absolute Gasteiger partial charge is 0.434 e. The van der Waals surface area contributed by atoms with E-state index in [0.717, 1.165) is 0 Å². The van der Waals surface area contributed by atoms with E-state index in [1.165, 1.54) is 24.3 Å². The van der Waals surface area contributed by atoms with Crippen LogP contribution < -0.4 is 9.47 Å². The zero-order chi connectivity index (χ0) is 20.3. The molecule has 0 saturated carbocycles. The van der Waals surface area contributed by atoms with E-state index < -0.39 is 23.9 Å². The van der Waals surface area contributed by atoms with Gasteiger partial charge in [0.1, 0.15) is 0 Å². The Morgan fingerprint density at radius 3 is 1.46 bits per heavy atom. The normalized spacial score (nSPS) is 11.9. The Labute approximate surface area is 160 Å². The van der Waals surface area contributed by atoms with Gasteiger partial charge in [0.25, 0.3) is 0 Å². The molecule has 28 heavy (non-hydrogen) atoms. The first-order chi connectivity index (χ1) is 13.5. The van der Waals surface area contributed by atoms with Crippen molar-refractivity contribution >= 4 is 23.9 Å². The summed E-state index contributed by atoms with van der Waals surface area (Å²) < 4.78 is 19.5. The molecule has 8 nitrogen and oxygen atoms in total. The molecule has 2 aromatic carbocycles. The summed E-state index contributed by atoms with van der Waals surface area (Å²) >= 11 is 0. The number of carbonyl (C=O) groups is 4. The van der Waals surface area contributed by atoms with E-state index in [1.807, 2.05) is 0 Å². The molecular weight excluding hydrogens is 368 g/mol. The van der Waals surface area contributed by atoms with E-state index >= 15 is 0 Å². The molecule has 144 valence electrons. The predicted octanol–water partition coefficient (Wildman–Crippen LogP) is 3.53. The molecule has 0 amide bonds. The van der Waals surface area contributed by atoms with E-state index in [-0.39, 0.29) is 47.0 Å². The summed E-state index contributed by atoms with van der Waals surface area (Å²) in [5.74, 6) is -1.32. The average molecular weight is 384 g/mol. The van der Waals surface area contributed by atoms with Gasteiger partial charge >= 0.3 is 12.3 Å². The zero-order valence-corrected chi connectivity index (χ0v) is 15.1. The van der Waals surface area contributed by atoms with Crippen molar-refractivity contribution < 1.29 is 38.1 Å². The predicted molar refractivity (Wildman–Crippen MR) is 95.0 cm³/mol. The molecule has 1 aliphatic carbocycles. The summed E-state index contributed by atoms with van der Waals surface area (Å²) in [6, 6.07) is 8.71. The molecule has 0 aromatic heterocycles. The van der Waals surface area contributed by atoms with Crippen molar-refractivity contribution in [3.05, 3.63) is 58.7 Å². The fraction of sp³-hybridized carbons (Fsp3) is 0.200. The maximum Gasteiger partial charge on any atom is 0.513 e. The molecule has 0 aliphatic heterocycles. The van der Waals surface area contributed by atoms with Crippen LogP contribution in [-0.2, 0) is 9.47 Å². The Morgan fingerprint density at radius 1 is 0.714 bits per heavy atom. The molecule has 0 unspecified atom stereocenters. The van der Waals surface area contributed by atoms with E-state index in [0.29, 0.717) is 0 Å². The van der Waals surface area contributed by atoms with Gasteiger partial charge in [-0.15, -0.1) is 0 Å². The van der Waals surface area contributed by atoms with Gasteiger partial charge in [-0.3, -0.25) is 9.59 Å². The van der Waals surface area contributed by atoms with Gasteiger partial charge in [-0.05, 0) is 26.0 Å². The number of benzene rings is 2. The molecular formula is C20H16O8. The number of fused-ring (bicyclic) bond motifs is 2. The molecule has 0 spiro atoms. The number of ketones is 2. The minimum absolute atomic E-state index is 0.0270. The van der Waals surface area contributed by atoms with Crippen molar-refractivity contribution in [3.63, 3.8) is 0 Å². The van der Waals surface area contributed by atoms with Crippen LogP contribution in [0.25, 0.3) is 0 Å². The van der Waals surface area contributed by atoms with Gasteiger partial charge in [0, 0.05) is 22.3 Å². The average Bonchev–Trinajstić information content (AvgIpc) is 2.67. The number of rotatable bonds is 4. The molecule has 0 atom stereocenters. The highest BCUT2D eigenvalue weighted by atomic mass is 16.7. The van der Waals surface area contributed by atoms with Crippen LogP contribution in [-0.4, -0.2) is 37.1 Å². The lowest BCUT2D eigenvalue weighted by Gasteiger charge is -2.19. The van der Waals surface area contributed by atoms with Crippen LogP contribution in [0.4, 0.5) is 9.59 Å². The van der Waals surface area contributed by atoms with Crippen molar-refractivity contribution in [1.29, 1.82) is 0 Å². The van der Waals surface area contributed by atoms with Gasteiger partial charge < -0.3 is 18.9 Å². The minimum atomic E-state index is -1.05. The topological polar surface area (TPSA) is 105 Å². The van der Waals surface area contributed by atoms with Crippen molar-refractivity contribution in [3.8, 4) is 11.5 Å². The van der Waals surface area contributed by atoms with Gasteiger partial charge in [-0.2, -0.15) is 0 Å². The Bertz CT molecular complexity index is 898. The lowest BCUT2D eigenvalue weighted by atomic mass is 9.84. The van der Waals surface area contributed by atoms with E-state index in [4.69, 9.17) is 18.9 Å². The highest BCUT2D eigenvalue weighted by molar-refractivity contribution is 6.28. The van der Waals surface area contributed by atoms with E-state index in [1.54, 1.807) is 26.0 Å². The summed E-state index contributed by atoms with van der Waals surface area (Å²) in [6.45, 7) is 3.29. The number of carbonyl (C=O) groups excluding carboxylic acids is 4. The Morgan fingerprint density at radius 2 is 1.11 bits per heavy atom. The minimum Gasteiger partial charge on any atom is -0.434 e. The van der Waals surface area contributed by atoms with Crippen molar-refractivity contribution in [2.75, 3.05) is 13.2 Å². The number of hydrogen-bond donors (Lipinski definition) is 0. The van der Waals surface area contributed by atoms with Crippen LogP contribution in [0.1, 0.15) is 45.7 Å². The molecule has 1 aliphatic rings. The molecule has 0 fully saturated rings. The summed E-state index contributed by atoms with van der Waals surface area (Å²) in [5.41, 5.74) is 0.528. The van der Waals surface area contributed by atoms with E-state index in [2.05, 4.69) is 0 Å². The highest BCUT2D eigenvalue weighted by Gasteiger charge is 2.32. The second-order valence-electron chi connectivity index (χ2n) is 5.62. The first-order valence-corrected chi connectivity index (χ1v) is 8.51. The lowest BCUT2D eigenvalue weighted by molar-refractivity contribution is 0.0931. The third-order valence-electron chi connectivity index (χ3n) is 3.90. The quantitative estimate of drug-likeness (QED) is 0.497. The zero-order valence-electron chi connectivity index (χ0n) is 15.1. The van der Waals surface area contributed by atoms with Gasteiger partial charge in [0.15, 0.2) is 23.1 Å². The van der Waals surface area contributed by atoms with Gasteiger partial charge in [0.05, 0.1) is 13.2 Å². The molecule has 0 N–H and O–H groups in total. The Hall–Kier alpha value is -3.68. The van der Waals surface area contributed by atoms with Crippen LogP contribution in [0.5, 0.6) is 11.5 Å². The third kappa shape index (κ3) is 3.57. The second-order valence-corrected chi connectivity index (χ2v) is 5.62. The Kier molecular flexibility index (Phi) is 5.39. The lowest BCUT2D eigenvalue weighted by Crippen LogP contribution is -2.22. The van der Waals surface area contributed by atoms with Gasteiger partial charge in [-0.1, -0.05) is 24.3 Å². The fourth-order valence-corrected chi connectivity index (χ4v) is 2.74. The van der Waals surface area contributed by atoms with Crippen LogP contribution in [0, 0.1) is 0 Å². The fourth-order valence-electron chi connectivity index (χ4n) is 2.74. The maximum absolute atomic E-state index is 12.8. The molecule has 3 rings (SSSR count). The van der Waals surface area contributed by atoms with Crippen molar-refractivity contribution in [1.82, 2.24) is 0 Å². The van der Waals surface area contributed by atoms with Crippen molar-refractivity contribution in [2.24, 2.45) is 0 Å². The number of hydrogen-bond acceptors (Lipinski definition) is 8. The molecule has 0 saturated heterocycles. The van der Waals surface area contributed by atoms with Crippen LogP contribution in [0.2, 0.25) is 0 Å². The van der Waals surface area contributed by atoms with Gasteiger partial charge in [0.2, 0.25) is 0 Å². The summed E-state index contributed by atoms with van der Waals surface area (Å²) in [5, 5.41) is 0. The number of ether oxygens (including phenoxy) is 4. The second kappa shape index (κ2) is 7.91. The summed E-state index contributed by atoms with van der Waals surface area (Å²) in [4.78, 5) is 49.0. The third-order valence-corrected chi connectivity index (χ3v) is 3.90. The molecule has 0 bridgehead atoms. The highest BCUT2D eigenvalue weighted by Crippen LogP contribution is 2.37. The Balaban J connectivity index is 2.09. The SMILES string of the molecule is CCOC(=O)Oc1cc2c(cc1OC(=O)OCC)C(=O)c1ccccc1C2=O. The summed E-state index contributed by atoms with van der Waals surface area (Å²) in [7, 11) is 0. The molecule has 0 radical (unpaired) electrons. The van der Waals surface area contributed by atoms with Crippen LogP contribution in [0.15, 0.2) is 36.4 Å². The summed E-state index contributed by atoms with van der Waals surface area (Å²) in [6.07, 6.45) is -2.10. The molecule has 0 heterocycles. The van der Waals surface area contributed by atoms with Crippen LogP contribution in [0.3, 0.4) is 0 Å². The monoisotopic (exact) mass is 384 g/mol. The van der Waals surface area contributed by atoms with Gasteiger partial charge in [-0.25, -0.2) is 9.59 Å².